The average Bonchev–Trinajstić information content (AvgIpc) is 2.44. The number of nitrogens with two attached hydrogens (primary N) is 1. The van der Waals surface area contributed by atoms with Gasteiger partial charge in [0, 0.05) is 45.8 Å². The van der Waals surface area contributed by atoms with E-state index in [-0.39, 0.29) is 0 Å². The van der Waals surface area contributed by atoms with Gasteiger partial charge in [0.1, 0.15) is 0 Å². The number of hydrogen-bond acceptors (Lipinski definition) is 4. The van der Waals surface area contributed by atoms with Crippen LogP contribution >= 0.6 is 0 Å². The Bertz CT molecular complexity index is 222. The summed E-state index contributed by atoms with van der Waals surface area (Å²) >= 11 is 0. The number of piperazine rings is 1. The lowest BCUT2D eigenvalue weighted by Gasteiger charge is -2.41. The largest absolute Gasteiger partial charge is 0.330 e. The average molecular weight is 270 g/mol. The van der Waals surface area contributed by atoms with Crippen LogP contribution in [0, 0.1) is 5.41 Å². The highest BCUT2D eigenvalue weighted by Crippen LogP contribution is 2.26. The molecule has 19 heavy (non-hydrogen) atoms. The van der Waals surface area contributed by atoms with Gasteiger partial charge in [0.15, 0.2) is 0 Å². The zero-order valence-electron chi connectivity index (χ0n) is 13.5. The SMILES string of the molecule is CCC(CC)(CN)CN1CCN(CCN(C)C)CC1. The quantitative estimate of drug-likeness (QED) is 0.712. The van der Waals surface area contributed by atoms with Gasteiger partial charge in [-0.1, -0.05) is 13.8 Å². The summed E-state index contributed by atoms with van der Waals surface area (Å²) in [6.07, 6.45) is 2.39. The van der Waals surface area contributed by atoms with E-state index in [1.807, 2.05) is 0 Å². The van der Waals surface area contributed by atoms with E-state index in [0.717, 1.165) is 13.1 Å². The summed E-state index contributed by atoms with van der Waals surface area (Å²) in [6, 6.07) is 0. The van der Waals surface area contributed by atoms with Crippen LogP contribution in [0.1, 0.15) is 26.7 Å². The van der Waals surface area contributed by atoms with Gasteiger partial charge in [-0.05, 0) is 38.9 Å². The number of rotatable bonds is 8. The molecule has 0 aromatic carbocycles. The fraction of sp³-hybridized carbons (Fsp3) is 1.00. The first-order valence-corrected chi connectivity index (χ1v) is 7.84. The van der Waals surface area contributed by atoms with Gasteiger partial charge >= 0.3 is 0 Å². The maximum absolute atomic E-state index is 6.01. The van der Waals surface area contributed by atoms with Crippen molar-refractivity contribution in [2.24, 2.45) is 11.1 Å². The van der Waals surface area contributed by atoms with Crippen molar-refractivity contribution in [1.29, 1.82) is 0 Å². The van der Waals surface area contributed by atoms with Crippen LogP contribution in [0.4, 0.5) is 0 Å². The predicted octanol–water partition coefficient (Wildman–Crippen LogP) is 0.931. The molecule has 1 rings (SSSR count). The Morgan fingerprint density at radius 3 is 1.95 bits per heavy atom. The second kappa shape index (κ2) is 8.20. The van der Waals surface area contributed by atoms with Gasteiger partial charge in [-0.2, -0.15) is 0 Å². The summed E-state index contributed by atoms with van der Waals surface area (Å²) in [5.41, 5.74) is 6.35. The van der Waals surface area contributed by atoms with Crippen molar-refractivity contribution < 1.29 is 0 Å². The van der Waals surface area contributed by atoms with Crippen LogP contribution < -0.4 is 5.73 Å². The Kier molecular flexibility index (Phi) is 7.29. The molecule has 4 heteroatoms. The van der Waals surface area contributed by atoms with Gasteiger partial charge < -0.3 is 15.5 Å². The molecule has 4 nitrogen and oxygen atoms in total. The van der Waals surface area contributed by atoms with E-state index in [4.69, 9.17) is 5.73 Å². The van der Waals surface area contributed by atoms with E-state index in [0.29, 0.717) is 5.41 Å². The molecular formula is C15H34N4. The van der Waals surface area contributed by atoms with Crippen molar-refractivity contribution in [3.8, 4) is 0 Å². The Balaban J connectivity index is 2.33. The van der Waals surface area contributed by atoms with Crippen molar-refractivity contribution >= 4 is 0 Å². The van der Waals surface area contributed by atoms with E-state index in [9.17, 15) is 0 Å². The first-order valence-electron chi connectivity index (χ1n) is 7.84. The molecule has 0 unspecified atom stereocenters. The van der Waals surface area contributed by atoms with Crippen molar-refractivity contribution in [2.45, 2.75) is 26.7 Å². The third-order valence-electron chi connectivity index (χ3n) is 4.82. The number of likely N-dealkylation sites (N-methyl/N-ethyl adjacent to an activating group) is 1. The first-order chi connectivity index (χ1) is 9.05. The second-order valence-corrected chi connectivity index (χ2v) is 6.33. The summed E-state index contributed by atoms with van der Waals surface area (Å²) in [5.74, 6) is 0. The molecule has 1 aliphatic heterocycles. The molecule has 0 aliphatic carbocycles. The monoisotopic (exact) mass is 270 g/mol. The van der Waals surface area contributed by atoms with Gasteiger partial charge in [0.05, 0.1) is 0 Å². The minimum absolute atomic E-state index is 0.339. The van der Waals surface area contributed by atoms with Crippen molar-refractivity contribution in [2.75, 3.05) is 66.5 Å². The van der Waals surface area contributed by atoms with Crippen LogP contribution in [0.25, 0.3) is 0 Å². The summed E-state index contributed by atoms with van der Waals surface area (Å²) < 4.78 is 0. The molecule has 0 atom stereocenters. The molecule has 1 heterocycles. The van der Waals surface area contributed by atoms with Crippen molar-refractivity contribution in [3.63, 3.8) is 0 Å². The highest BCUT2D eigenvalue weighted by molar-refractivity contribution is 4.84. The van der Waals surface area contributed by atoms with Gasteiger partial charge in [-0.15, -0.1) is 0 Å². The van der Waals surface area contributed by atoms with Crippen LogP contribution in [0.3, 0.4) is 0 Å². The Hall–Kier alpha value is -0.160. The summed E-state index contributed by atoms with van der Waals surface area (Å²) in [4.78, 5) is 7.46. The van der Waals surface area contributed by atoms with E-state index < -0.39 is 0 Å². The molecule has 0 radical (unpaired) electrons. The molecule has 0 amide bonds. The Labute approximate surface area is 119 Å². The minimum atomic E-state index is 0.339. The molecule has 0 aromatic rings. The molecule has 0 aromatic heterocycles. The standard InChI is InChI=1S/C15H34N4/c1-5-15(6-2,13-16)14-19-11-9-18(10-12-19)8-7-17(3)4/h5-14,16H2,1-4H3. The maximum Gasteiger partial charge on any atom is 0.0110 e. The summed E-state index contributed by atoms with van der Waals surface area (Å²) in [6.45, 7) is 13.8. The zero-order chi connectivity index (χ0) is 14.3. The van der Waals surface area contributed by atoms with Gasteiger partial charge in [-0.25, -0.2) is 0 Å². The minimum Gasteiger partial charge on any atom is -0.330 e. The van der Waals surface area contributed by atoms with Gasteiger partial charge in [0.25, 0.3) is 0 Å². The van der Waals surface area contributed by atoms with E-state index in [1.165, 1.54) is 52.1 Å². The van der Waals surface area contributed by atoms with E-state index >= 15 is 0 Å². The lowest BCUT2D eigenvalue weighted by atomic mass is 9.82. The lowest BCUT2D eigenvalue weighted by Crippen LogP contribution is -2.52. The number of hydrogen-bond donors (Lipinski definition) is 1. The highest BCUT2D eigenvalue weighted by atomic mass is 15.3. The van der Waals surface area contributed by atoms with Gasteiger partial charge in [0.2, 0.25) is 0 Å². The predicted molar refractivity (Wildman–Crippen MR) is 83.5 cm³/mol. The van der Waals surface area contributed by atoms with Crippen LogP contribution in [0.15, 0.2) is 0 Å². The van der Waals surface area contributed by atoms with E-state index in [1.54, 1.807) is 0 Å². The normalized spacial score (nSPS) is 19.3. The topological polar surface area (TPSA) is 35.7 Å². The number of nitrogens with zero attached hydrogens (tertiary/aromatic N) is 3. The van der Waals surface area contributed by atoms with Crippen molar-refractivity contribution in [3.05, 3.63) is 0 Å². The first kappa shape index (κ1) is 16.9. The molecule has 0 saturated carbocycles. The summed E-state index contributed by atoms with van der Waals surface area (Å²) in [5, 5.41) is 0. The molecule has 114 valence electrons. The third kappa shape index (κ3) is 5.38. The smallest absolute Gasteiger partial charge is 0.0110 e. The molecule has 1 aliphatic rings. The maximum atomic E-state index is 6.01. The van der Waals surface area contributed by atoms with Crippen LogP contribution in [-0.4, -0.2) is 81.2 Å². The van der Waals surface area contributed by atoms with Gasteiger partial charge in [-0.3, -0.25) is 4.90 Å². The summed E-state index contributed by atoms with van der Waals surface area (Å²) in [7, 11) is 4.29. The molecule has 1 fully saturated rings. The second-order valence-electron chi connectivity index (χ2n) is 6.33. The third-order valence-corrected chi connectivity index (χ3v) is 4.82. The molecular weight excluding hydrogens is 236 g/mol. The van der Waals surface area contributed by atoms with Crippen molar-refractivity contribution in [1.82, 2.24) is 14.7 Å². The highest BCUT2D eigenvalue weighted by Gasteiger charge is 2.28. The van der Waals surface area contributed by atoms with E-state index in [2.05, 4.69) is 42.6 Å². The molecule has 0 bridgehead atoms. The van der Waals surface area contributed by atoms with Crippen LogP contribution in [0.2, 0.25) is 0 Å². The fourth-order valence-corrected chi connectivity index (χ4v) is 2.81. The van der Waals surface area contributed by atoms with Crippen LogP contribution in [0.5, 0.6) is 0 Å². The lowest BCUT2D eigenvalue weighted by molar-refractivity contribution is 0.0795. The molecule has 1 saturated heterocycles. The van der Waals surface area contributed by atoms with Crippen LogP contribution in [-0.2, 0) is 0 Å². The Morgan fingerprint density at radius 2 is 1.53 bits per heavy atom. The Morgan fingerprint density at radius 1 is 1.00 bits per heavy atom. The molecule has 0 spiro atoms. The molecule has 2 N–H and O–H groups in total. The fourth-order valence-electron chi connectivity index (χ4n) is 2.81. The zero-order valence-corrected chi connectivity index (χ0v) is 13.5.